The second-order valence-electron chi connectivity index (χ2n) is 5.87. The monoisotopic (exact) mass is 302 g/mol. The lowest BCUT2D eigenvalue weighted by atomic mass is 9.82. The van der Waals surface area contributed by atoms with E-state index in [0.29, 0.717) is 30.5 Å². The fraction of sp³-hybridized carbons (Fsp3) is 0.643. The van der Waals surface area contributed by atoms with E-state index in [2.05, 4.69) is 15.0 Å². The van der Waals surface area contributed by atoms with Gasteiger partial charge >= 0.3 is 6.18 Å². The first-order valence-electron chi connectivity index (χ1n) is 6.99. The van der Waals surface area contributed by atoms with Crippen LogP contribution in [0.25, 0.3) is 0 Å². The van der Waals surface area contributed by atoms with Gasteiger partial charge in [0.25, 0.3) is 0 Å². The van der Waals surface area contributed by atoms with Gasteiger partial charge in [0, 0.05) is 29.9 Å². The highest BCUT2D eigenvalue weighted by Crippen LogP contribution is 2.40. The molecule has 2 unspecified atom stereocenters. The number of hydrogen-bond donors (Lipinski definition) is 2. The van der Waals surface area contributed by atoms with Crippen molar-refractivity contribution in [2.24, 2.45) is 0 Å². The van der Waals surface area contributed by atoms with Crippen molar-refractivity contribution in [3.8, 4) is 5.88 Å². The van der Waals surface area contributed by atoms with Gasteiger partial charge in [-0.3, -0.25) is 0 Å². The summed E-state index contributed by atoms with van der Waals surface area (Å²) in [7, 11) is 0. The van der Waals surface area contributed by atoms with Crippen molar-refractivity contribution in [3.05, 3.63) is 23.9 Å². The van der Waals surface area contributed by atoms with Crippen molar-refractivity contribution in [2.75, 3.05) is 6.61 Å². The maximum absolute atomic E-state index is 12.1. The van der Waals surface area contributed by atoms with Crippen molar-refractivity contribution in [1.82, 2.24) is 10.3 Å². The molecule has 2 saturated heterocycles. The first-order valence-corrected chi connectivity index (χ1v) is 6.99. The number of aromatic nitrogens is 1. The second-order valence-corrected chi connectivity index (χ2v) is 5.87. The standard InChI is InChI=1S/C14H17F3N2O2/c15-14(16,17)8-21-12-4-1-9(7-18-12)13(20)5-10-2-3-11(6-13)19-10/h1,4,7,10-11,19-20H,2-3,5-6,8H2. The van der Waals surface area contributed by atoms with Crippen molar-refractivity contribution < 1.29 is 23.0 Å². The molecule has 2 N–H and O–H groups in total. The lowest BCUT2D eigenvalue weighted by Gasteiger charge is -2.37. The van der Waals surface area contributed by atoms with E-state index in [1.807, 2.05) is 0 Å². The summed E-state index contributed by atoms with van der Waals surface area (Å²) in [6.45, 7) is -1.36. The molecule has 3 rings (SSSR count). The van der Waals surface area contributed by atoms with Crippen LogP contribution < -0.4 is 10.1 Å². The van der Waals surface area contributed by atoms with Gasteiger partial charge in [-0.25, -0.2) is 4.98 Å². The number of fused-ring (bicyclic) bond motifs is 2. The van der Waals surface area contributed by atoms with Crippen LogP contribution in [0.15, 0.2) is 18.3 Å². The van der Waals surface area contributed by atoms with Crippen LogP contribution in [-0.4, -0.2) is 35.0 Å². The highest BCUT2D eigenvalue weighted by Gasteiger charge is 2.43. The minimum absolute atomic E-state index is 0.0865. The van der Waals surface area contributed by atoms with Crippen LogP contribution in [-0.2, 0) is 5.60 Å². The van der Waals surface area contributed by atoms with E-state index in [0.717, 1.165) is 12.8 Å². The molecule has 2 aliphatic rings. The summed E-state index contributed by atoms with van der Waals surface area (Å²) in [5, 5.41) is 14.2. The fourth-order valence-electron chi connectivity index (χ4n) is 3.26. The zero-order chi connectivity index (χ0) is 15.1. The number of halogens is 3. The highest BCUT2D eigenvalue weighted by molar-refractivity contribution is 5.25. The Balaban J connectivity index is 1.69. The van der Waals surface area contributed by atoms with E-state index in [-0.39, 0.29) is 5.88 Å². The minimum atomic E-state index is -4.38. The molecule has 0 aromatic carbocycles. The molecule has 1 aromatic rings. The van der Waals surface area contributed by atoms with Gasteiger partial charge in [-0.15, -0.1) is 0 Å². The molecule has 0 saturated carbocycles. The number of hydrogen-bond acceptors (Lipinski definition) is 4. The zero-order valence-corrected chi connectivity index (χ0v) is 11.4. The number of aliphatic hydroxyl groups is 1. The Hall–Kier alpha value is -1.34. The van der Waals surface area contributed by atoms with E-state index in [9.17, 15) is 18.3 Å². The maximum Gasteiger partial charge on any atom is 0.422 e. The number of nitrogens with one attached hydrogen (secondary N) is 1. The van der Waals surface area contributed by atoms with Gasteiger partial charge in [0.05, 0.1) is 5.60 Å². The molecule has 0 radical (unpaired) electrons. The van der Waals surface area contributed by atoms with E-state index < -0.39 is 18.4 Å². The minimum Gasteiger partial charge on any atom is -0.468 e. The Morgan fingerprint density at radius 1 is 1.29 bits per heavy atom. The number of rotatable bonds is 3. The Morgan fingerprint density at radius 3 is 2.48 bits per heavy atom. The molecule has 0 aliphatic carbocycles. The zero-order valence-electron chi connectivity index (χ0n) is 11.4. The molecule has 3 heterocycles. The number of nitrogens with zero attached hydrogens (tertiary/aromatic N) is 1. The third-order valence-corrected chi connectivity index (χ3v) is 4.16. The number of pyridine rings is 1. The molecule has 2 bridgehead atoms. The van der Waals surface area contributed by atoms with E-state index in [1.165, 1.54) is 12.3 Å². The quantitative estimate of drug-likeness (QED) is 0.898. The predicted molar refractivity (Wildman–Crippen MR) is 68.9 cm³/mol. The smallest absolute Gasteiger partial charge is 0.422 e. The summed E-state index contributed by atoms with van der Waals surface area (Å²) in [6, 6.07) is 3.58. The number of alkyl halides is 3. The summed E-state index contributed by atoms with van der Waals surface area (Å²) >= 11 is 0. The van der Waals surface area contributed by atoms with Gasteiger partial charge in [-0.1, -0.05) is 0 Å². The molecule has 2 fully saturated rings. The van der Waals surface area contributed by atoms with Gasteiger partial charge in [0.1, 0.15) is 0 Å². The van der Waals surface area contributed by atoms with Crippen LogP contribution in [0.3, 0.4) is 0 Å². The predicted octanol–water partition coefficient (Wildman–Crippen LogP) is 2.12. The molecule has 2 atom stereocenters. The van der Waals surface area contributed by atoms with Gasteiger partial charge in [-0.2, -0.15) is 13.2 Å². The Kier molecular flexibility index (Phi) is 3.57. The molecule has 2 aliphatic heterocycles. The molecule has 0 spiro atoms. The van der Waals surface area contributed by atoms with Crippen LogP contribution >= 0.6 is 0 Å². The van der Waals surface area contributed by atoms with Crippen LogP contribution in [0.1, 0.15) is 31.2 Å². The molecule has 4 nitrogen and oxygen atoms in total. The van der Waals surface area contributed by atoms with Crippen LogP contribution in [0.4, 0.5) is 13.2 Å². The van der Waals surface area contributed by atoms with Gasteiger partial charge in [0.2, 0.25) is 5.88 Å². The van der Waals surface area contributed by atoms with Crippen molar-refractivity contribution in [1.29, 1.82) is 0 Å². The van der Waals surface area contributed by atoms with Gasteiger partial charge in [-0.05, 0) is 31.7 Å². The Labute approximate surface area is 120 Å². The lowest BCUT2D eigenvalue weighted by molar-refractivity contribution is -0.154. The van der Waals surface area contributed by atoms with Gasteiger partial charge < -0.3 is 15.2 Å². The average molecular weight is 302 g/mol. The molecule has 1 aromatic heterocycles. The summed E-state index contributed by atoms with van der Waals surface area (Å²) in [6.07, 6.45) is 0.339. The molecular formula is C14H17F3N2O2. The maximum atomic E-state index is 12.1. The third-order valence-electron chi connectivity index (χ3n) is 4.16. The molecule has 7 heteroatoms. The summed E-state index contributed by atoms with van der Waals surface area (Å²) < 4.78 is 40.8. The largest absolute Gasteiger partial charge is 0.468 e. The molecular weight excluding hydrogens is 285 g/mol. The third kappa shape index (κ3) is 3.29. The first kappa shape index (κ1) is 14.6. The molecule has 21 heavy (non-hydrogen) atoms. The fourth-order valence-corrected chi connectivity index (χ4v) is 3.26. The number of ether oxygens (including phenoxy) is 1. The average Bonchev–Trinajstić information content (AvgIpc) is 2.76. The first-order chi connectivity index (χ1) is 9.84. The topological polar surface area (TPSA) is 54.4 Å². The van der Waals surface area contributed by atoms with Crippen LogP contribution in [0.2, 0.25) is 0 Å². The molecule has 116 valence electrons. The van der Waals surface area contributed by atoms with E-state index >= 15 is 0 Å². The normalized spacial score (nSPS) is 32.2. The highest BCUT2D eigenvalue weighted by atomic mass is 19.4. The summed E-state index contributed by atoms with van der Waals surface area (Å²) in [4.78, 5) is 3.87. The number of piperidine rings is 1. The van der Waals surface area contributed by atoms with Crippen molar-refractivity contribution >= 4 is 0 Å². The molecule has 0 amide bonds. The van der Waals surface area contributed by atoms with Crippen molar-refractivity contribution in [2.45, 2.75) is 49.5 Å². The lowest BCUT2D eigenvalue weighted by Crippen LogP contribution is -2.46. The Bertz CT molecular complexity index is 492. The second kappa shape index (κ2) is 5.14. The van der Waals surface area contributed by atoms with Crippen molar-refractivity contribution in [3.63, 3.8) is 0 Å². The van der Waals surface area contributed by atoms with Gasteiger partial charge in [0.15, 0.2) is 6.61 Å². The Morgan fingerprint density at radius 2 is 1.95 bits per heavy atom. The van der Waals surface area contributed by atoms with E-state index in [4.69, 9.17) is 0 Å². The van der Waals surface area contributed by atoms with E-state index in [1.54, 1.807) is 6.07 Å². The van der Waals surface area contributed by atoms with Crippen LogP contribution in [0, 0.1) is 0 Å². The summed E-state index contributed by atoms with van der Waals surface area (Å²) in [5.74, 6) is -0.0865. The SMILES string of the molecule is OC1(c2ccc(OCC(F)(F)F)nc2)CC2CCC(C1)N2. The van der Waals surface area contributed by atoms with Crippen LogP contribution in [0.5, 0.6) is 5.88 Å². The summed E-state index contributed by atoms with van der Waals surface area (Å²) in [5.41, 5.74) is -0.313.